The summed E-state index contributed by atoms with van der Waals surface area (Å²) in [7, 11) is 1.72. The highest BCUT2D eigenvalue weighted by molar-refractivity contribution is 7.98. The molecule has 0 bridgehead atoms. The molecule has 0 saturated heterocycles. The van der Waals surface area contributed by atoms with Gasteiger partial charge in [0, 0.05) is 24.9 Å². The van der Waals surface area contributed by atoms with Crippen LogP contribution in [0.2, 0.25) is 0 Å². The molecule has 0 spiro atoms. The van der Waals surface area contributed by atoms with Gasteiger partial charge in [0.05, 0.1) is 0 Å². The summed E-state index contributed by atoms with van der Waals surface area (Å²) in [6, 6.07) is -0.196. The molecular weight excluding hydrogens is 252 g/mol. The first-order valence-electron chi connectivity index (χ1n) is 6.09. The maximum atomic E-state index is 12.3. The minimum Gasteiger partial charge on any atom is -0.480 e. The van der Waals surface area contributed by atoms with Gasteiger partial charge in [-0.3, -0.25) is 4.79 Å². The summed E-state index contributed by atoms with van der Waals surface area (Å²) in [6.07, 6.45) is 2.72. The summed E-state index contributed by atoms with van der Waals surface area (Å²) in [5.41, 5.74) is 0. The van der Waals surface area contributed by atoms with Crippen LogP contribution in [0, 0.1) is 0 Å². The van der Waals surface area contributed by atoms with Gasteiger partial charge in [-0.2, -0.15) is 11.8 Å². The molecule has 0 fully saturated rings. The molecule has 0 radical (unpaired) electrons. The van der Waals surface area contributed by atoms with Gasteiger partial charge in [0.1, 0.15) is 6.54 Å². The number of hydrogen-bond donors (Lipinski definition) is 1. The normalized spacial score (nSPS) is 13.8. The van der Waals surface area contributed by atoms with Crippen LogP contribution in [0.4, 0.5) is 4.79 Å². The fraction of sp³-hybridized carbons (Fsp3) is 0.833. The minimum absolute atomic E-state index is 0.0717. The number of urea groups is 1. The van der Waals surface area contributed by atoms with Crippen LogP contribution in [-0.4, -0.2) is 64.6 Å². The van der Waals surface area contributed by atoms with Crippen molar-refractivity contribution in [2.75, 3.05) is 25.6 Å². The lowest BCUT2D eigenvalue weighted by molar-refractivity contribution is -0.138. The van der Waals surface area contributed by atoms with E-state index in [1.165, 1.54) is 4.90 Å². The van der Waals surface area contributed by atoms with Crippen molar-refractivity contribution in [2.45, 2.75) is 39.3 Å². The molecule has 0 aliphatic rings. The molecule has 2 amide bonds. The molecule has 6 heteroatoms. The second-order valence-corrected chi connectivity index (χ2v) is 5.39. The van der Waals surface area contributed by atoms with Crippen molar-refractivity contribution in [3.8, 4) is 0 Å². The number of aliphatic carboxylic acids is 1. The van der Waals surface area contributed by atoms with Gasteiger partial charge in [0.25, 0.3) is 0 Å². The average Bonchev–Trinajstić information content (AvgIpc) is 2.33. The zero-order valence-electron chi connectivity index (χ0n) is 11.8. The van der Waals surface area contributed by atoms with Crippen molar-refractivity contribution in [1.29, 1.82) is 0 Å². The van der Waals surface area contributed by atoms with Crippen LogP contribution in [0.3, 0.4) is 0 Å². The molecule has 0 aromatic rings. The van der Waals surface area contributed by atoms with Crippen LogP contribution < -0.4 is 0 Å². The van der Waals surface area contributed by atoms with Gasteiger partial charge < -0.3 is 14.9 Å². The SMILES string of the molecule is CCC(C)N(CC(=O)O)C(=O)N(C)C(C)CSC. The lowest BCUT2D eigenvalue weighted by Gasteiger charge is -2.34. The lowest BCUT2D eigenvalue weighted by atomic mass is 10.2. The van der Waals surface area contributed by atoms with E-state index in [2.05, 4.69) is 0 Å². The van der Waals surface area contributed by atoms with E-state index in [0.717, 1.165) is 12.2 Å². The second kappa shape index (κ2) is 8.24. The summed E-state index contributed by atoms with van der Waals surface area (Å²) >= 11 is 1.67. The third kappa shape index (κ3) is 5.16. The molecular formula is C12H24N2O3S. The molecule has 0 rings (SSSR count). The number of carboxylic acid groups (broad SMARTS) is 1. The zero-order valence-corrected chi connectivity index (χ0v) is 12.7. The first-order chi connectivity index (χ1) is 8.34. The Morgan fingerprint density at radius 3 is 2.22 bits per heavy atom. The second-order valence-electron chi connectivity index (χ2n) is 4.48. The number of rotatable bonds is 7. The first kappa shape index (κ1) is 17.1. The fourth-order valence-corrected chi connectivity index (χ4v) is 2.23. The van der Waals surface area contributed by atoms with Gasteiger partial charge in [-0.05, 0) is 26.5 Å². The molecule has 0 aliphatic heterocycles. The Hall–Kier alpha value is -0.910. The third-order valence-electron chi connectivity index (χ3n) is 3.04. The van der Waals surface area contributed by atoms with E-state index >= 15 is 0 Å². The van der Waals surface area contributed by atoms with Crippen molar-refractivity contribution in [1.82, 2.24) is 9.80 Å². The molecule has 0 aromatic carbocycles. The number of carbonyl (C=O) groups is 2. The summed E-state index contributed by atoms with van der Waals surface area (Å²) in [5.74, 6) is -0.140. The fourth-order valence-electron chi connectivity index (χ4n) is 1.52. The number of nitrogens with zero attached hydrogens (tertiary/aromatic N) is 2. The van der Waals surface area contributed by atoms with Crippen molar-refractivity contribution >= 4 is 23.8 Å². The Morgan fingerprint density at radius 1 is 1.28 bits per heavy atom. The summed E-state index contributed by atoms with van der Waals surface area (Å²) in [5, 5.41) is 8.88. The Morgan fingerprint density at radius 2 is 1.83 bits per heavy atom. The van der Waals surface area contributed by atoms with E-state index in [4.69, 9.17) is 5.11 Å². The van der Waals surface area contributed by atoms with Gasteiger partial charge in [-0.1, -0.05) is 6.92 Å². The Kier molecular flexibility index (Phi) is 7.82. The van der Waals surface area contributed by atoms with Crippen molar-refractivity contribution < 1.29 is 14.7 Å². The van der Waals surface area contributed by atoms with E-state index in [9.17, 15) is 9.59 Å². The quantitative estimate of drug-likeness (QED) is 0.772. The van der Waals surface area contributed by atoms with E-state index < -0.39 is 5.97 Å². The van der Waals surface area contributed by atoms with Crippen LogP contribution in [0.15, 0.2) is 0 Å². The summed E-state index contributed by atoms with van der Waals surface area (Å²) in [6.45, 7) is 5.53. The highest BCUT2D eigenvalue weighted by atomic mass is 32.2. The lowest BCUT2D eigenvalue weighted by Crippen LogP contribution is -2.50. The standard InChI is InChI=1S/C12H24N2O3S/c1-6-9(2)14(7-11(15)16)12(17)13(4)10(3)8-18-5/h9-10H,6-8H2,1-5H3,(H,15,16). The molecule has 2 atom stereocenters. The number of hydrogen-bond acceptors (Lipinski definition) is 3. The van der Waals surface area contributed by atoms with E-state index in [-0.39, 0.29) is 24.7 Å². The average molecular weight is 276 g/mol. The van der Waals surface area contributed by atoms with Gasteiger partial charge >= 0.3 is 12.0 Å². The van der Waals surface area contributed by atoms with Gasteiger partial charge in [0.15, 0.2) is 0 Å². The number of carbonyl (C=O) groups excluding carboxylic acids is 1. The molecule has 0 heterocycles. The minimum atomic E-state index is -0.977. The number of thioether (sulfide) groups is 1. The number of carboxylic acids is 1. The van der Waals surface area contributed by atoms with Crippen LogP contribution in [0.25, 0.3) is 0 Å². The zero-order chi connectivity index (χ0) is 14.3. The Bertz CT molecular complexity index is 286. The molecule has 18 heavy (non-hydrogen) atoms. The van der Waals surface area contributed by atoms with E-state index in [1.54, 1.807) is 23.7 Å². The van der Waals surface area contributed by atoms with Crippen LogP contribution >= 0.6 is 11.8 Å². The molecule has 0 saturated carbocycles. The predicted molar refractivity (Wildman–Crippen MR) is 75.1 cm³/mol. The largest absolute Gasteiger partial charge is 0.480 e. The molecule has 5 nitrogen and oxygen atoms in total. The predicted octanol–water partition coefficient (Wildman–Crippen LogP) is 1.97. The molecule has 0 aliphatic carbocycles. The van der Waals surface area contributed by atoms with Gasteiger partial charge in [0.2, 0.25) is 0 Å². The van der Waals surface area contributed by atoms with E-state index in [0.29, 0.717) is 0 Å². The van der Waals surface area contributed by atoms with Crippen molar-refractivity contribution in [2.24, 2.45) is 0 Å². The molecule has 106 valence electrons. The molecule has 1 N–H and O–H groups in total. The Labute approximate surface area is 114 Å². The van der Waals surface area contributed by atoms with Crippen LogP contribution in [0.1, 0.15) is 27.2 Å². The first-order valence-corrected chi connectivity index (χ1v) is 7.48. The van der Waals surface area contributed by atoms with Crippen LogP contribution in [0.5, 0.6) is 0 Å². The van der Waals surface area contributed by atoms with E-state index in [1.807, 2.05) is 27.0 Å². The number of amides is 2. The smallest absolute Gasteiger partial charge is 0.323 e. The maximum Gasteiger partial charge on any atom is 0.323 e. The van der Waals surface area contributed by atoms with Gasteiger partial charge in [-0.15, -0.1) is 0 Å². The highest BCUT2D eigenvalue weighted by Crippen LogP contribution is 2.11. The monoisotopic (exact) mass is 276 g/mol. The van der Waals surface area contributed by atoms with Crippen LogP contribution in [-0.2, 0) is 4.79 Å². The highest BCUT2D eigenvalue weighted by Gasteiger charge is 2.26. The summed E-state index contributed by atoms with van der Waals surface area (Å²) in [4.78, 5) is 26.1. The van der Waals surface area contributed by atoms with Crippen molar-refractivity contribution in [3.05, 3.63) is 0 Å². The maximum absolute atomic E-state index is 12.3. The summed E-state index contributed by atoms with van der Waals surface area (Å²) < 4.78 is 0. The molecule has 2 unspecified atom stereocenters. The topological polar surface area (TPSA) is 60.9 Å². The molecule has 0 aromatic heterocycles. The van der Waals surface area contributed by atoms with Gasteiger partial charge in [-0.25, -0.2) is 4.79 Å². The third-order valence-corrected chi connectivity index (χ3v) is 3.86. The van der Waals surface area contributed by atoms with Crippen molar-refractivity contribution in [3.63, 3.8) is 0 Å². The Balaban J connectivity index is 4.78.